The fraction of sp³-hybridized carbons (Fsp3) is 0.500. The van der Waals surface area contributed by atoms with Gasteiger partial charge in [0.2, 0.25) is 0 Å². The summed E-state index contributed by atoms with van der Waals surface area (Å²) >= 11 is 6.17. The highest BCUT2D eigenvalue weighted by Crippen LogP contribution is 2.39. The molecule has 2 heterocycles. The van der Waals surface area contributed by atoms with Gasteiger partial charge < -0.3 is 28.6 Å². The van der Waals surface area contributed by atoms with Gasteiger partial charge in [0, 0.05) is 51.2 Å². The smallest absolute Gasteiger partial charge is 0.303 e. The summed E-state index contributed by atoms with van der Waals surface area (Å²) in [4.78, 5) is 75.6. The normalized spacial score (nSPS) is 24.4. The number of ether oxygens (including phenoxy) is 5. The maximum absolute atomic E-state index is 13.4. The van der Waals surface area contributed by atoms with Crippen LogP contribution in [0.4, 0.5) is 5.69 Å². The van der Waals surface area contributed by atoms with Crippen LogP contribution in [-0.2, 0) is 52.5 Å². The molecule has 1 amide bonds. The summed E-state index contributed by atoms with van der Waals surface area (Å²) in [5.74, 6) is -3.94. The van der Waals surface area contributed by atoms with Crippen molar-refractivity contribution in [1.82, 2.24) is 0 Å². The van der Waals surface area contributed by atoms with Gasteiger partial charge in [0.25, 0.3) is 5.91 Å². The summed E-state index contributed by atoms with van der Waals surface area (Å²) < 4.78 is 27.2. The molecule has 222 valence electrons. The Labute approximate surface area is 241 Å². The van der Waals surface area contributed by atoms with Crippen LogP contribution in [0.5, 0.6) is 0 Å². The second-order valence-electron chi connectivity index (χ2n) is 9.58. The fourth-order valence-electron chi connectivity index (χ4n) is 4.81. The van der Waals surface area contributed by atoms with Crippen LogP contribution in [0.15, 0.2) is 24.3 Å². The average molecular weight is 594 g/mol. The van der Waals surface area contributed by atoms with Crippen LogP contribution in [0.25, 0.3) is 5.57 Å². The predicted molar refractivity (Wildman–Crippen MR) is 144 cm³/mol. The zero-order valence-corrected chi connectivity index (χ0v) is 24.1. The number of nitrogens with zero attached hydrogens (tertiary/aromatic N) is 1. The highest BCUT2D eigenvalue weighted by molar-refractivity contribution is 6.36. The van der Waals surface area contributed by atoms with Crippen molar-refractivity contribution in [2.75, 3.05) is 18.1 Å². The molecule has 0 radical (unpaired) electrons. The first-order valence-corrected chi connectivity index (χ1v) is 13.4. The lowest BCUT2D eigenvalue weighted by atomic mass is 9.91. The fourth-order valence-corrected chi connectivity index (χ4v) is 4.99. The molecule has 0 bridgehead atoms. The number of rotatable bonds is 10. The Morgan fingerprint density at radius 3 is 2.05 bits per heavy atom. The third-order valence-corrected chi connectivity index (χ3v) is 6.49. The molecular formula is C28H32ClNO11. The Kier molecular flexibility index (Phi) is 10.6. The van der Waals surface area contributed by atoms with E-state index in [-0.39, 0.29) is 11.5 Å². The summed E-state index contributed by atoms with van der Waals surface area (Å²) in [7, 11) is 0. The lowest BCUT2D eigenvalue weighted by molar-refractivity contribution is -0.252. The minimum atomic E-state index is -1.40. The van der Waals surface area contributed by atoms with Gasteiger partial charge in [0.05, 0.1) is 11.3 Å². The molecule has 0 aliphatic carbocycles. The highest BCUT2D eigenvalue weighted by Gasteiger charge is 2.52. The number of anilines is 1. The molecule has 0 saturated carbocycles. The van der Waals surface area contributed by atoms with Crippen LogP contribution in [0.1, 0.15) is 53.0 Å². The zero-order chi connectivity index (χ0) is 30.4. The van der Waals surface area contributed by atoms with Crippen LogP contribution in [0.2, 0.25) is 5.02 Å². The van der Waals surface area contributed by atoms with Crippen LogP contribution in [0.3, 0.4) is 0 Å². The third kappa shape index (κ3) is 7.92. The molecule has 1 fully saturated rings. The standard InChI is InChI=1S/C28H32ClNO11/c1-6-9-30-22-8-7-18(29)10-20(22)21(28(30)36)11-19(35)12-23-25(38-15(3)32)27(40-17(5)34)26(39-16(4)33)24(41-23)13-37-14(2)31/h7-8,10-11,23-27H,6,9,12-13H2,1-5H3/b21-11-/t23-,24+,25-,26+,27+/m0/s1. The number of benzene rings is 1. The number of hydrogen-bond donors (Lipinski definition) is 0. The molecule has 41 heavy (non-hydrogen) atoms. The Hall–Kier alpha value is -3.77. The number of allylic oxidation sites excluding steroid dienone is 1. The van der Waals surface area contributed by atoms with Crippen molar-refractivity contribution < 1.29 is 52.5 Å². The largest absolute Gasteiger partial charge is 0.463 e. The van der Waals surface area contributed by atoms with Crippen molar-refractivity contribution in [3.05, 3.63) is 34.9 Å². The molecule has 0 unspecified atom stereocenters. The number of carbonyl (C=O) groups excluding carboxylic acids is 6. The summed E-state index contributed by atoms with van der Waals surface area (Å²) in [5, 5.41) is 0.382. The van der Waals surface area contributed by atoms with Crippen molar-refractivity contribution >= 4 is 58.4 Å². The van der Waals surface area contributed by atoms with Gasteiger partial charge in [0.1, 0.15) is 18.8 Å². The van der Waals surface area contributed by atoms with Gasteiger partial charge >= 0.3 is 23.9 Å². The van der Waals surface area contributed by atoms with Gasteiger partial charge in [-0.1, -0.05) is 18.5 Å². The first kappa shape index (κ1) is 31.8. The SMILES string of the molecule is CCCN1C(=O)/C(=C\C(=O)C[C@@H]2O[C@H](COC(C)=O)[C@@H](OC(C)=O)[C@H](OC(C)=O)[C@H]2OC(C)=O)c2cc(Cl)ccc21. The van der Waals surface area contributed by atoms with Crippen LogP contribution in [0, 0.1) is 0 Å². The van der Waals surface area contributed by atoms with E-state index >= 15 is 0 Å². The topological polar surface area (TPSA) is 152 Å². The van der Waals surface area contributed by atoms with Crippen LogP contribution < -0.4 is 4.90 Å². The number of amides is 1. The van der Waals surface area contributed by atoms with Crippen molar-refractivity contribution in [3.63, 3.8) is 0 Å². The summed E-state index contributed by atoms with van der Waals surface area (Å²) in [5.41, 5.74) is 1.24. The van der Waals surface area contributed by atoms with Gasteiger partial charge in [-0.25, -0.2) is 0 Å². The number of ketones is 1. The minimum Gasteiger partial charge on any atom is -0.463 e. The molecule has 2 aliphatic rings. The Morgan fingerprint density at radius 1 is 0.902 bits per heavy atom. The molecule has 13 heteroatoms. The highest BCUT2D eigenvalue weighted by atomic mass is 35.5. The summed E-state index contributed by atoms with van der Waals surface area (Å²) in [6, 6.07) is 4.95. The number of fused-ring (bicyclic) bond motifs is 1. The number of esters is 4. The zero-order valence-electron chi connectivity index (χ0n) is 23.3. The maximum Gasteiger partial charge on any atom is 0.303 e. The molecule has 12 nitrogen and oxygen atoms in total. The monoisotopic (exact) mass is 593 g/mol. The lowest BCUT2D eigenvalue weighted by Gasteiger charge is -2.44. The molecule has 1 aromatic carbocycles. The molecule has 0 spiro atoms. The molecule has 1 aromatic rings. The number of halogens is 1. The van der Waals surface area contributed by atoms with E-state index in [1.807, 2.05) is 6.92 Å². The number of carbonyl (C=O) groups is 6. The van der Waals surface area contributed by atoms with E-state index in [1.54, 1.807) is 23.1 Å². The first-order chi connectivity index (χ1) is 19.3. The van der Waals surface area contributed by atoms with E-state index in [0.29, 0.717) is 29.2 Å². The van der Waals surface area contributed by atoms with Crippen molar-refractivity contribution in [3.8, 4) is 0 Å². The maximum atomic E-state index is 13.4. The van der Waals surface area contributed by atoms with Crippen molar-refractivity contribution in [1.29, 1.82) is 0 Å². The molecule has 5 atom stereocenters. The molecule has 1 saturated heterocycles. The molecular weight excluding hydrogens is 562 g/mol. The predicted octanol–water partition coefficient (Wildman–Crippen LogP) is 2.56. The quantitative estimate of drug-likeness (QED) is 0.223. The van der Waals surface area contributed by atoms with Crippen molar-refractivity contribution in [2.24, 2.45) is 0 Å². The van der Waals surface area contributed by atoms with Gasteiger partial charge in [-0.2, -0.15) is 0 Å². The lowest BCUT2D eigenvalue weighted by Crippen LogP contribution is -2.62. The van der Waals surface area contributed by atoms with Crippen LogP contribution >= 0.6 is 11.6 Å². The second-order valence-corrected chi connectivity index (χ2v) is 10.0. The molecule has 3 rings (SSSR count). The Bertz CT molecular complexity index is 1260. The summed E-state index contributed by atoms with van der Waals surface area (Å²) in [6.45, 7) is 6.41. The van der Waals surface area contributed by atoms with E-state index in [2.05, 4.69) is 0 Å². The Morgan fingerprint density at radius 2 is 1.49 bits per heavy atom. The third-order valence-electron chi connectivity index (χ3n) is 6.26. The van der Waals surface area contributed by atoms with E-state index in [0.717, 1.165) is 27.7 Å². The van der Waals surface area contributed by atoms with Gasteiger partial charge in [-0.3, -0.25) is 28.8 Å². The molecule has 0 aromatic heterocycles. The van der Waals surface area contributed by atoms with E-state index < -0.39 is 73.2 Å². The molecule has 2 aliphatic heterocycles. The van der Waals surface area contributed by atoms with Crippen molar-refractivity contribution in [2.45, 2.75) is 78.0 Å². The minimum absolute atomic E-state index is 0.131. The second kappa shape index (κ2) is 13.7. The average Bonchev–Trinajstić information content (AvgIpc) is 3.11. The van der Waals surface area contributed by atoms with E-state index in [4.69, 9.17) is 35.3 Å². The van der Waals surface area contributed by atoms with Gasteiger partial charge in [-0.05, 0) is 30.7 Å². The van der Waals surface area contributed by atoms with Crippen LogP contribution in [-0.4, -0.2) is 79.2 Å². The number of hydrogen-bond acceptors (Lipinski definition) is 11. The molecule has 0 N–H and O–H groups in total. The first-order valence-electron chi connectivity index (χ1n) is 13.0. The van der Waals surface area contributed by atoms with Gasteiger partial charge in [-0.15, -0.1) is 0 Å². The summed E-state index contributed by atoms with van der Waals surface area (Å²) in [6.07, 6.45) is -5.11. The van der Waals surface area contributed by atoms with E-state index in [9.17, 15) is 28.8 Å². The van der Waals surface area contributed by atoms with Gasteiger partial charge in [0.15, 0.2) is 24.1 Å². The van der Waals surface area contributed by atoms with E-state index in [1.165, 1.54) is 6.08 Å². The Balaban J connectivity index is 1.99.